The minimum Gasteiger partial charge on any atom is -0.463 e. The second kappa shape index (κ2) is 20.9. The molecule has 0 fully saturated rings. The van der Waals surface area contributed by atoms with Crippen LogP contribution in [0.4, 0.5) is 0 Å². The van der Waals surface area contributed by atoms with E-state index >= 15 is 0 Å². The van der Waals surface area contributed by atoms with E-state index in [1.807, 2.05) is 0 Å². The largest absolute Gasteiger partial charge is 0.463 e. The van der Waals surface area contributed by atoms with Crippen molar-refractivity contribution in [3.05, 3.63) is 12.2 Å². The number of esters is 2. The predicted octanol–water partition coefficient (Wildman–Crippen LogP) is 4.78. The molecule has 0 bridgehead atoms. The molecule has 0 aliphatic rings. The van der Waals surface area contributed by atoms with E-state index in [-0.39, 0.29) is 12.1 Å². The van der Waals surface area contributed by atoms with Crippen molar-refractivity contribution < 1.29 is 19.1 Å². The van der Waals surface area contributed by atoms with Crippen LogP contribution < -0.4 is 11.5 Å². The molecule has 0 rings (SSSR count). The third-order valence-electron chi connectivity index (χ3n) is 5.14. The molecule has 0 aromatic rings. The van der Waals surface area contributed by atoms with Crippen molar-refractivity contribution in [3.8, 4) is 0 Å². The van der Waals surface area contributed by atoms with Gasteiger partial charge in [-0.05, 0) is 38.5 Å². The third-order valence-corrected chi connectivity index (χ3v) is 5.14. The Morgan fingerprint density at radius 3 is 1.37 bits per heavy atom. The van der Waals surface area contributed by atoms with Crippen LogP contribution in [-0.4, -0.2) is 37.2 Å². The van der Waals surface area contributed by atoms with Gasteiger partial charge >= 0.3 is 11.9 Å². The molecular formula is C24H46N2O4. The second-order valence-corrected chi connectivity index (χ2v) is 8.17. The average molecular weight is 427 g/mol. The second-order valence-electron chi connectivity index (χ2n) is 8.17. The van der Waals surface area contributed by atoms with Gasteiger partial charge in [-0.25, -0.2) is 9.59 Å². The Kier molecular flexibility index (Phi) is 19.9. The summed E-state index contributed by atoms with van der Waals surface area (Å²) in [6.45, 7) is 5.01. The maximum absolute atomic E-state index is 11.6. The molecule has 0 amide bonds. The number of rotatable bonds is 20. The van der Waals surface area contributed by atoms with Crippen molar-refractivity contribution in [3.63, 3.8) is 0 Å². The van der Waals surface area contributed by atoms with Crippen LogP contribution >= 0.6 is 0 Å². The van der Waals surface area contributed by atoms with Crippen molar-refractivity contribution >= 4 is 11.9 Å². The topological polar surface area (TPSA) is 105 Å². The Morgan fingerprint density at radius 2 is 1.00 bits per heavy atom. The minimum absolute atomic E-state index is 0.163. The fourth-order valence-electron chi connectivity index (χ4n) is 3.22. The smallest absolute Gasteiger partial charge is 0.331 e. The number of carbonyl (C=O) groups is 2. The summed E-state index contributed by atoms with van der Waals surface area (Å²) in [6, 6.07) is 0.325. The van der Waals surface area contributed by atoms with Gasteiger partial charge in [0.25, 0.3) is 0 Å². The van der Waals surface area contributed by atoms with Gasteiger partial charge in [0, 0.05) is 24.2 Å². The minimum atomic E-state index is -0.530. The lowest BCUT2D eigenvalue weighted by Gasteiger charge is -2.11. The fourth-order valence-corrected chi connectivity index (χ4v) is 3.22. The van der Waals surface area contributed by atoms with Crippen LogP contribution in [0.1, 0.15) is 104 Å². The molecule has 0 heterocycles. The summed E-state index contributed by atoms with van der Waals surface area (Å²) in [4.78, 5) is 23.3. The van der Waals surface area contributed by atoms with Gasteiger partial charge in [0.2, 0.25) is 0 Å². The number of carbonyl (C=O) groups excluding carboxylic acids is 2. The quantitative estimate of drug-likeness (QED) is 0.165. The SMILES string of the molecule is CCCCCCC(N)CCCOC(=O)/C=C/C(=O)OCCCC(N)CCCCCC. The highest BCUT2D eigenvalue weighted by Crippen LogP contribution is 2.09. The van der Waals surface area contributed by atoms with Gasteiger partial charge < -0.3 is 20.9 Å². The number of unbranched alkanes of at least 4 members (excludes halogenated alkanes) is 6. The molecule has 0 spiro atoms. The van der Waals surface area contributed by atoms with Crippen molar-refractivity contribution in [2.24, 2.45) is 11.5 Å². The van der Waals surface area contributed by atoms with Crippen LogP contribution in [0.25, 0.3) is 0 Å². The summed E-state index contributed by atoms with van der Waals surface area (Å²) in [5, 5.41) is 0. The van der Waals surface area contributed by atoms with E-state index in [9.17, 15) is 9.59 Å². The zero-order valence-corrected chi connectivity index (χ0v) is 19.4. The van der Waals surface area contributed by atoms with Crippen molar-refractivity contribution in [2.45, 2.75) is 116 Å². The van der Waals surface area contributed by atoms with Crippen LogP contribution in [0.3, 0.4) is 0 Å². The first-order valence-corrected chi connectivity index (χ1v) is 12.0. The number of ether oxygens (including phenoxy) is 2. The van der Waals surface area contributed by atoms with E-state index in [4.69, 9.17) is 20.9 Å². The molecule has 2 atom stereocenters. The zero-order valence-electron chi connectivity index (χ0n) is 19.4. The highest BCUT2D eigenvalue weighted by Gasteiger charge is 2.06. The van der Waals surface area contributed by atoms with Crippen LogP contribution in [-0.2, 0) is 19.1 Å². The molecule has 0 saturated carbocycles. The van der Waals surface area contributed by atoms with Gasteiger partial charge in [-0.1, -0.05) is 65.2 Å². The fraction of sp³-hybridized carbons (Fsp3) is 0.833. The predicted molar refractivity (Wildman–Crippen MR) is 123 cm³/mol. The summed E-state index contributed by atoms with van der Waals surface area (Å²) in [6.07, 6.45) is 17.1. The van der Waals surface area contributed by atoms with Gasteiger partial charge in [-0.15, -0.1) is 0 Å². The molecular weight excluding hydrogens is 380 g/mol. The Labute approximate surface area is 184 Å². The van der Waals surface area contributed by atoms with Crippen LogP contribution in [0.15, 0.2) is 12.2 Å². The number of hydrogen-bond donors (Lipinski definition) is 2. The first-order valence-electron chi connectivity index (χ1n) is 12.0. The van der Waals surface area contributed by atoms with Crippen LogP contribution in [0, 0.1) is 0 Å². The molecule has 176 valence electrons. The Balaban J connectivity index is 3.65. The molecule has 4 N–H and O–H groups in total. The summed E-state index contributed by atoms with van der Waals surface area (Å²) in [5.41, 5.74) is 12.1. The monoisotopic (exact) mass is 426 g/mol. The Hall–Kier alpha value is -1.40. The Morgan fingerprint density at radius 1 is 0.633 bits per heavy atom. The molecule has 0 radical (unpaired) electrons. The van der Waals surface area contributed by atoms with Gasteiger partial charge in [0.1, 0.15) is 0 Å². The van der Waals surface area contributed by atoms with Gasteiger partial charge in [0.15, 0.2) is 0 Å². The molecule has 0 aromatic carbocycles. The summed E-state index contributed by atoms with van der Waals surface area (Å²) in [5.74, 6) is -1.06. The van der Waals surface area contributed by atoms with E-state index in [1.165, 1.54) is 38.5 Å². The van der Waals surface area contributed by atoms with Crippen LogP contribution in [0.2, 0.25) is 0 Å². The van der Waals surface area contributed by atoms with Gasteiger partial charge in [-0.3, -0.25) is 0 Å². The van der Waals surface area contributed by atoms with Crippen molar-refractivity contribution in [1.29, 1.82) is 0 Å². The summed E-state index contributed by atoms with van der Waals surface area (Å²) < 4.78 is 10.2. The van der Waals surface area contributed by atoms with Crippen molar-refractivity contribution in [1.82, 2.24) is 0 Å². The average Bonchev–Trinajstić information content (AvgIpc) is 2.73. The van der Waals surface area contributed by atoms with Crippen molar-refractivity contribution in [2.75, 3.05) is 13.2 Å². The first-order chi connectivity index (χ1) is 14.5. The third kappa shape index (κ3) is 19.9. The maximum Gasteiger partial charge on any atom is 0.331 e. The molecule has 0 saturated heterocycles. The summed E-state index contributed by atoms with van der Waals surface area (Å²) in [7, 11) is 0. The lowest BCUT2D eigenvalue weighted by molar-refractivity contribution is -0.140. The van der Waals surface area contributed by atoms with Gasteiger partial charge in [-0.2, -0.15) is 0 Å². The summed E-state index contributed by atoms with van der Waals surface area (Å²) >= 11 is 0. The van der Waals surface area contributed by atoms with Gasteiger partial charge in [0.05, 0.1) is 13.2 Å². The molecule has 6 heteroatoms. The van der Waals surface area contributed by atoms with E-state index in [1.54, 1.807) is 0 Å². The van der Waals surface area contributed by atoms with E-state index < -0.39 is 11.9 Å². The number of hydrogen-bond acceptors (Lipinski definition) is 6. The highest BCUT2D eigenvalue weighted by atomic mass is 16.5. The molecule has 0 aromatic heterocycles. The lowest BCUT2D eigenvalue weighted by Crippen LogP contribution is -2.20. The molecule has 2 unspecified atom stereocenters. The molecule has 0 aliphatic heterocycles. The zero-order chi connectivity index (χ0) is 22.5. The lowest BCUT2D eigenvalue weighted by atomic mass is 10.0. The number of nitrogens with two attached hydrogens (primary N) is 2. The standard InChI is InChI=1S/C24H46N2O4/c1-3-5-7-9-13-21(25)15-11-19-29-23(27)17-18-24(28)30-20-12-16-22(26)14-10-8-6-4-2/h17-18,21-22H,3-16,19-20,25-26H2,1-2H3/b18-17+. The van der Waals surface area contributed by atoms with E-state index in [0.717, 1.165) is 63.5 Å². The normalized spacial score (nSPS) is 13.3. The molecule has 0 aliphatic carbocycles. The van der Waals surface area contributed by atoms with Crippen LogP contribution in [0.5, 0.6) is 0 Å². The van der Waals surface area contributed by atoms with E-state index in [0.29, 0.717) is 13.2 Å². The molecule has 30 heavy (non-hydrogen) atoms. The Bertz CT molecular complexity index is 414. The molecule has 6 nitrogen and oxygen atoms in total. The maximum atomic E-state index is 11.6. The van der Waals surface area contributed by atoms with E-state index in [2.05, 4.69) is 13.8 Å². The highest BCUT2D eigenvalue weighted by molar-refractivity contribution is 5.91. The first kappa shape index (κ1) is 28.6.